The molecular formula is C22H26N2O3. The van der Waals surface area contributed by atoms with Crippen LogP contribution in [0.15, 0.2) is 60.7 Å². The van der Waals surface area contributed by atoms with Crippen molar-refractivity contribution in [1.82, 2.24) is 5.32 Å². The number of anilines is 1. The van der Waals surface area contributed by atoms with Crippen molar-refractivity contribution in [2.45, 2.75) is 19.1 Å². The molecule has 1 aliphatic heterocycles. The highest BCUT2D eigenvalue weighted by atomic mass is 16.5. The number of hydrogen-bond acceptors (Lipinski definition) is 4. The molecule has 0 aliphatic carbocycles. The zero-order valence-corrected chi connectivity index (χ0v) is 15.5. The minimum atomic E-state index is -0.150. The monoisotopic (exact) mass is 366 g/mol. The van der Waals surface area contributed by atoms with E-state index in [4.69, 9.17) is 4.74 Å². The van der Waals surface area contributed by atoms with Crippen LogP contribution in [0.2, 0.25) is 0 Å². The Hall–Kier alpha value is -2.63. The van der Waals surface area contributed by atoms with Gasteiger partial charge in [-0.15, -0.1) is 0 Å². The summed E-state index contributed by atoms with van der Waals surface area (Å²) in [5.74, 6) is -0.122. The van der Waals surface area contributed by atoms with Crippen LogP contribution in [0.4, 0.5) is 5.69 Å². The average molecular weight is 366 g/mol. The number of aliphatic hydroxyl groups is 1. The molecule has 2 aromatic carbocycles. The Morgan fingerprint density at radius 2 is 2.11 bits per heavy atom. The van der Waals surface area contributed by atoms with Gasteiger partial charge in [0, 0.05) is 24.9 Å². The van der Waals surface area contributed by atoms with Crippen LogP contribution in [0.3, 0.4) is 0 Å². The fourth-order valence-electron chi connectivity index (χ4n) is 3.14. The largest absolute Gasteiger partial charge is 0.394 e. The minimum Gasteiger partial charge on any atom is -0.394 e. The highest BCUT2D eigenvalue weighted by Crippen LogP contribution is 2.22. The summed E-state index contributed by atoms with van der Waals surface area (Å²) in [5, 5.41) is 12.3. The second kappa shape index (κ2) is 9.35. The molecule has 1 fully saturated rings. The average Bonchev–Trinajstić information content (AvgIpc) is 2.73. The van der Waals surface area contributed by atoms with E-state index in [1.165, 1.54) is 0 Å². The molecule has 1 saturated heterocycles. The third kappa shape index (κ3) is 5.42. The summed E-state index contributed by atoms with van der Waals surface area (Å²) in [4.78, 5) is 14.4. The van der Waals surface area contributed by atoms with E-state index >= 15 is 0 Å². The van der Waals surface area contributed by atoms with Crippen LogP contribution in [0.25, 0.3) is 6.08 Å². The first kappa shape index (κ1) is 19.1. The van der Waals surface area contributed by atoms with Gasteiger partial charge in [0.2, 0.25) is 5.91 Å². The van der Waals surface area contributed by atoms with E-state index in [0.717, 1.165) is 23.4 Å². The Bertz CT molecular complexity index is 776. The normalized spacial score (nSPS) is 18.4. The Kier molecular flexibility index (Phi) is 6.63. The van der Waals surface area contributed by atoms with Gasteiger partial charge in [-0.1, -0.05) is 42.5 Å². The maximum atomic E-state index is 12.2. The molecule has 0 saturated carbocycles. The second-order valence-electron chi connectivity index (χ2n) is 6.69. The summed E-state index contributed by atoms with van der Waals surface area (Å²) in [6.45, 7) is 4.06. The summed E-state index contributed by atoms with van der Waals surface area (Å²) < 4.78 is 5.52. The smallest absolute Gasteiger partial charge is 0.244 e. The summed E-state index contributed by atoms with van der Waals surface area (Å²) >= 11 is 0. The first-order valence-electron chi connectivity index (χ1n) is 9.26. The van der Waals surface area contributed by atoms with Crippen LogP contribution in [-0.2, 0) is 9.53 Å². The van der Waals surface area contributed by atoms with Gasteiger partial charge in [0.1, 0.15) is 0 Å². The second-order valence-corrected chi connectivity index (χ2v) is 6.69. The van der Waals surface area contributed by atoms with Gasteiger partial charge >= 0.3 is 0 Å². The zero-order chi connectivity index (χ0) is 19.1. The fraction of sp³-hybridized carbons (Fsp3) is 0.318. The molecule has 2 N–H and O–H groups in total. The van der Waals surface area contributed by atoms with Gasteiger partial charge in [0.25, 0.3) is 0 Å². The standard InChI is InChI=1S/C22H26N2O3/c1-17(23-22(26)11-10-18-6-3-2-4-7-18)19-8-5-9-20(14-19)24-12-13-27-21(15-24)16-25/h2-11,14,17,21,25H,12-13,15-16H2,1H3,(H,23,26)/b11-10+/t17-,21?/m0/s1. The van der Waals surface area contributed by atoms with E-state index in [9.17, 15) is 9.90 Å². The molecule has 0 bridgehead atoms. The lowest BCUT2D eigenvalue weighted by atomic mass is 10.1. The van der Waals surface area contributed by atoms with Gasteiger partial charge in [-0.3, -0.25) is 4.79 Å². The molecule has 0 aromatic heterocycles. The number of carbonyl (C=O) groups excluding carboxylic acids is 1. The molecule has 2 atom stereocenters. The van der Waals surface area contributed by atoms with Crippen molar-refractivity contribution in [3.05, 3.63) is 71.8 Å². The van der Waals surface area contributed by atoms with E-state index in [1.54, 1.807) is 12.2 Å². The molecular weight excluding hydrogens is 340 g/mol. The van der Waals surface area contributed by atoms with E-state index < -0.39 is 0 Å². The van der Waals surface area contributed by atoms with Crippen molar-refractivity contribution in [1.29, 1.82) is 0 Å². The van der Waals surface area contributed by atoms with Gasteiger partial charge in [-0.05, 0) is 36.3 Å². The maximum absolute atomic E-state index is 12.2. The molecule has 1 aliphatic rings. The number of carbonyl (C=O) groups is 1. The third-order valence-corrected chi connectivity index (χ3v) is 4.66. The summed E-state index contributed by atoms with van der Waals surface area (Å²) in [6.07, 6.45) is 3.22. The lowest BCUT2D eigenvalue weighted by Crippen LogP contribution is -2.44. The predicted octanol–water partition coefficient (Wildman–Crippen LogP) is 2.77. The molecule has 2 aromatic rings. The molecule has 0 radical (unpaired) electrons. The molecule has 3 rings (SSSR count). The van der Waals surface area contributed by atoms with Gasteiger partial charge < -0.3 is 20.1 Å². The number of aliphatic hydroxyl groups excluding tert-OH is 1. The first-order chi connectivity index (χ1) is 13.2. The van der Waals surface area contributed by atoms with E-state index in [0.29, 0.717) is 13.2 Å². The molecule has 5 nitrogen and oxygen atoms in total. The number of nitrogens with one attached hydrogen (secondary N) is 1. The predicted molar refractivity (Wildman–Crippen MR) is 108 cm³/mol. The number of ether oxygens (including phenoxy) is 1. The first-order valence-corrected chi connectivity index (χ1v) is 9.26. The molecule has 1 unspecified atom stereocenters. The Balaban J connectivity index is 1.62. The van der Waals surface area contributed by atoms with Crippen LogP contribution in [0, 0.1) is 0 Å². The van der Waals surface area contributed by atoms with Crippen molar-refractivity contribution >= 4 is 17.7 Å². The van der Waals surface area contributed by atoms with Crippen molar-refractivity contribution in [3.8, 4) is 0 Å². The van der Waals surface area contributed by atoms with E-state index in [-0.39, 0.29) is 24.7 Å². The topological polar surface area (TPSA) is 61.8 Å². The Labute approximate surface area is 160 Å². The highest BCUT2D eigenvalue weighted by molar-refractivity contribution is 5.91. The summed E-state index contributed by atoms with van der Waals surface area (Å²) in [5.41, 5.74) is 3.12. The SMILES string of the molecule is C[C@H](NC(=O)/C=C/c1ccccc1)c1cccc(N2CCOC(CO)C2)c1. The lowest BCUT2D eigenvalue weighted by Gasteiger charge is -2.34. The van der Waals surface area contributed by atoms with Crippen LogP contribution < -0.4 is 10.2 Å². The zero-order valence-electron chi connectivity index (χ0n) is 15.5. The number of hydrogen-bond donors (Lipinski definition) is 2. The number of amides is 1. The van der Waals surface area contributed by atoms with Crippen LogP contribution in [-0.4, -0.2) is 43.4 Å². The van der Waals surface area contributed by atoms with Crippen LogP contribution in [0.5, 0.6) is 0 Å². The summed E-state index contributed by atoms with van der Waals surface area (Å²) in [6, 6.07) is 17.8. The summed E-state index contributed by atoms with van der Waals surface area (Å²) in [7, 11) is 0. The van der Waals surface area contributed by atoms with Crippen molar-refractivity contribution in [3.63, 3.8) is 0 Å². The molecule has 1 amide bonds. The lowest BCUT2D eigenvalue weighted by molar-refractivity contribution is -0.117. The van der Waals surface area contributed by atoms with Gasteiger partial charge in [0.05, 0.1) is 25.4 Å². The number of morpholine rings is 1. The maximum Gasteiger partial charge on any atom is 0.244 e. The fourth-order valence-corrected chi connectivity index (χ4v) is 3.14. The Morgan fingerprint density at radius 1 is 1.30 bits per heavy atom. The van der Waals surface area contributed by atoms with E-state index in [1.807, 2.05) is 55.5 Å². The van der Waals surface area contributed by atoms with Gasteiger partial charge in [0.15, 0.2) is 0 Å². The molecule has 142 valence electrons. The Morgan fingerprint density at radius 3 is 2.89 bits per heavy atom. The molecule has 0 spiro atoms. The van der Waals surface area contributed by atoms with Crippen LogP contribution >= 0.6 is 0 Å². The van der Waals surface area contributed by atoms with Gasteiger partial charge in [-0.25, -0.2) is 0 Å². The third-order valence-electron chi connectivity index (χ3n) is 4.66. The number of rotatable bonds is 6. The van der Waals surface area contributed by atoms with Crippen LogP contribution in [0.1, 0.15) is 24.1 Å². The quantitative estimate of drug-likeness (QED) is 0.772. The van der Waals surface area contributed by atoms with Gasteiger partial charge in [-0.2, -0.15) is 0 Å². The van der Waals surface area contributed by atoms with E-state index in [2.05, 4.69) is 16.3 Å². The van der Waals surface area contributed by atoms with Crippen molar-refractivity contribution in [2.24, 2.45) is 0 Å². The minimum absolute atomic E-state index is 0.0242. The van der Waals surface area contributed by atoms with Crippen molar-refractivity contribution < 1.29 is 14.6 Å². The number of benzene rings is 2. The molecule has 27 heavy (non-hydrogen) atoms. The molecule has 5 heteroatoms. The number of nitrogens with zero attached hydrogens (tertiary/aromatic N) is 1. The van der Waals surface area contributed by atoms with Crippen molar-refractivity contribution in [2.75, 3.05) is 31.2 Å². The molecule has 1 heterocycles. The highest BCUT2D eigenvalue weighted by Gasteiger charge is 2.20.